The van der Waals surface area contributed by atoms with Crippen LogP contribution in [0.1, 0.15) is 11.1 Å². The fourth-order valence-corrected chi connectivity index (χ4v) is 2.56. The molecule has 2 rings (SSSR count). The summed E-state index contributed by atoms with van der Waals surface area (Å²) in [5.41, 5.74) is 3.67. The molecule has 2 aromatic rings. The maximum atomic E-state index is 6.01. The first-order valence-electron chi connectivity index (χ1n) is 6.46. The third-order valence-electron chi connectivity index (χ3n) is 2.97. The van der Waals surface area contributed by atoms with Crippen LogP contribution in [0.15, 0.2) is 46.9 Å². The van der Waals surface area contributed by atoms with E-state index in [0.29, 0.717) is 0 Å². The second-order valence-corrected chi connectivity index (χ2v) is 6.26. The highest BCUT2D eigenvalue weighted by Crippen LogP contribution is 2.24. The van der Waals surface area contributed by atoms with E-state index in [9.17, 15) is 0 Å². The van der Waals surface area contributed by atoms with Gasteiger partial charge in [-0.15, -0.1) is 0 Å². The van der Waals surface area contributed by atoms with Crippen LogP contribution >= 0.6 is 27.5 Å². The SMILES string of the molecule is CN(C)Cc1ccccc1NCc1ccc(Cl)c(Br)c1. The van der Waals surface area contributed by atoms with Gasteiger partial charge in [-0.05, 0) is 59.4 Å². The Morgan fingerprint density at radius 1 is 1.15 bits per heavy atom. The van der Waals surface area contributed by atoms with E-state index in [1.54, 1.807) is 0 Å². The van der Waals surface area contributed by atoms with Gasteiger partial charge in [-0.3, -0.25) is 0 Å². The van der Waals surface area contributed by atoms with Crippen molar-refractivity contribution in [3.05, 3.63) is 63.1 Å². The summed E-state index contributed by atoms with van der Waals surface area (Å²) in [5, 5.41) is 4.23. The highest BCUT2D eigenvalue weighted by molar-refractivity contribution is 9.10. The molecule has 0 amide bonds. The first-order valence-corrected chi connectivity index (χ1v) is 7.64. The Labute approximate surface area is 133 Å². The zero-order valence-electron chi connectivity index (χ0n) is 11.7. The number of hydrogen-bond donors (Lipinski definition) is 1. The largest absolute Gasteiger partial charge is 0.381 e. The summed E-state index contributed by atoms with van der Waals surface area (Å²) in [6.45, 7) is 1.70. The third-order valence-corrected chi connectivity index (χ3v) is 4.18. The fourth-order valence-electron chi connectivity index (χ4n) is 2.02. The fraction of sp³-hybridized carbons (Fsp3) is 0.250. The molecule has 0 aliphatic rings. The molecule has 20 heavy (non-hydrogen) atoms. The van der Waals surface area contributed by atoms with Gasteiger partial charge in [0.05, 0.1) is 5.02 Å². The van der Waals surface area contributed by atoms with Gasteiger partial charge < -0.3 is 10.2 Å². The van der Waals surface area contributed by atoms with E-state index in [0.717, 1.165) is 22.6 Å². The van der Waals surface area contributed by atoms with Crippen molar-refractivity contribution in [2.45, 2.75) is 13.1 Å². The molecule has 0 bridgehead atoms. The van der Waals surface area contributed by atoms with E-state index >= 15 is 0 Å². The van der Waals surface area contributed by atoms with E-state index in [-0.39, 0.29) is 0 Å². The average molecular weight is 354 g/mol. The molecule has 0 saturated carbocycles. The molecule has 0 heterocycles. The third kappa shape index (κ3) is 4.23. The predicted molar refractivity (Wildman–Crippen MR) is 90.3 cm³/mol. The first-order chi connectivity index (χ1) is 9.56. The number of nitrogens with zero attached hydrogens (tertiary/aromatic N) is 1. The van der Waals surface area contributed by atoms with Gasteiger partial charge in [0, 0.05) is 23.2 Å². The van der Waals surface area contributed by atoms with Crippen molar-refractivity contribution in [2.75, 3.05) is 19.4 Å². The van der Waals surface area contributed by atoms with Crippen LogP contribution in [0.3, 0.4) is 0 Å². The lowest BCUT2D eigenvalue weighted by Crippen LogP contribution is -2.12. The molecule has 2 nitrogen and oxygen atoms in total. The van der Waals surface area contributed by atoms with Gasteiger partial charge in [0.2, 0.25) is 0 Å². The highest BCUT2D eigenvalue weighted by Gasteiger charge is 2.04. The Morgan fingerprint density at radius 3 is 2.60 bits per heavy atom. The summed E-state index contributed by atoms with van der Waals surface area (Å²) >= 11 is 9.46. The molecular formula is C16H18BrClN2. The van der Waals surface area contributed by atoms with Crippen LogP contribution < -0.4 is 5.32 Å². The van der Waals surface area contributed by atoms with Gasteiger partial charge >= 0.3 is 0 Å². The molecule has 0 radical (unpaired) electrons. The number of rotatable bonds is 5. The second kappa shape index (κ2) is 7.11. The average Bonchev–Trinajstić information content (AvgIpc) is 2.41. The van der Waals surface area contributed by atoms with Crippen LogP contribution in [-0.2, 0) is 13.1 Å². The Balaban J connectivity index is 2.08. The molecule has 4 heteroatoms. The Hall–Kier alpha value is -1.03. The van der Waals surface area contributed by atoms with Crippen LogP contribution in [-0.4, -0.2) is 19.0 Å². The number of para-hydroxylation sites is 1. The first kappa shape index (κ1) is 15.4. The van der Waals surface area contributed by atoms with Crippen molar-refractivity contribution < 1.29 is 0 Å². The van der Waals surface area contributed by atoms with Crippen LogP contribution in [0.2, 0.25) is 5.02 Å². The summed E-state index contributed by atoms with van der Waals surface area (Å²) in [5.74, 6) is 0. The molecule has 0 spiro atoms. The normalized spacial score (nSPS) is 10.8. The Kier molecular flexibility index (Phi) is 5.46. The second-order valence-electron chi connectivity index (χ2n) is 5.00. The van der Waals surface area contributed by atoms with E-state index in [1.807, 2.05) is 18.2 Å². The lowest BCUT2D eigenvalue weighted by molar-refractivity contribution is 0.403. The monoisotopic (exact) mass is 352 g/mol. The van der Waals surface area contributed by atoms with Gasteiger partial charge in [0.15, 0.2) is 0 Å². The van der Waals surface area contributed by atoms with E-state index in [4.69, 9.17) is 11.6 Å². The van der Waals surface area contributed by atoms with E-state index in [1.165, 1.54) is 16.8 Å². The molecular weight excluding hydrogens is 336 g/mol. The lowest BCUT2D eigenvalue weighted by atomic mass is 10.1. The highest BCUT2D eigenvalue weighted by atomic mass is 79.9. The summed E-state index contributed by atoms with van der Waals surface area (Å²) < 4.78 is 0.931. The summed E-state index contributed by atoms with van der Waals surface area (Å²) in [6, 6.07) is 14.4. The minimum atomic E-state index is 0.738. The number of benzene rings is 2. The van der Waals surface area contributed by atoms with Crippen LogP contribution in [0, 0.1) is 0 Å². The molecule has 0 aromatic heterocycles. The number of halogens is 2. The van der Waals surface area contributed by atoms with Crippen LogP contribution in [0.5, 0.6) is 0 Å². The smallest absolute Gasteiger partial charge is 0.0548 e. The maximum Gasteiger partial charge on any atom is 0.0548 e. The molecule has 0 atom stereocenters. The molecule has 0 unspecified atom stereocenters. The predicted octanol–water partition coefficient (Wildman–Crippen LogP) is 4.78. The van der Waals surface area contributed by atoms with E-state index < -0.39 is 0 Å². The van der Waals surface area contributed by atoms with Gasteiger partial charge in [-0.25, -0.2) is 0 Å². The molecule has 0 saturated heterocycles. The molecule has 0 fully saturated rings. The minimum Gasteiger partial charge on any atom is -0.381 e. The van der Waals surface area contributed by atoms with Gasteiger partial charge in [-0.1, -0.05) is 35.9 Å². The van der Waals surface area contributed by atoms with Gasteiger partial charge in [0.25, 0.3) is 0 Å². The molecule has 0 aliphatic heterocycles. The summed E-state index contributed by atoms with van der Waals surface area (Å²) in [7, 11) is 4.15. The summed E-state index contributed by atoms with van der Waals surface area (Å²) in [6.07, 6.45) is 0. The van der Waals surface area contributed by atoms with Crippen molar-refractivity contribution in [2.24, 2.45) is 0 Å². The lowest BCUT2D eigenvalue weighted by Gasteiger charge is -2.15. The van der Waals surface area contributed by atoms with Crippen molar-refractivity contribution in [3.63, 3.8) is 0 Å². The van der Waals surface area contributed by atoms with Gasteiger partial charge in [-0.2, -0.15) is 0 Å². The zero-order chi connectivity index (χ0) is 14.5. The Bertz CT molecular complexity index is 584. The van der Waals surface area contributed by atoms with Crippen molar-refractivity contribution in [3.8, 4) is 0 Å². The van der Waals surface area contributed by atoms with Gasteiger partial charge in [0.1, 0.15) is 0 Å². The van der Waals surface area contributed by atoms with Crippen LogP contribution in [0.25, 0.3) is 0 Å². The standard InChI is InChI=1S/C16H18BrClN2/c1-20(2)11-13-5-3-4-6-16(13)19-10-12-7-8-15(18)14(17)9-12/h3-9,19H,10-11H2,1-2H3. The number of anilines is 1. The van der Waals surface area contributed by atoms with Crippen molar-refractivity contribution in [1.29, 1.82) is 0 Å². The van der Waals surface area contributed by atoms with Crippen molar-refractivity contribution >= 4 is 33.2 Å². The van der Waals surface area contributed by atoms with Crippen molar-refractivity contribution in [1.82, 2.24) is 4.90 Å². The van der Waals surface area contributed by atoms with Crippen LogP contribution in [0.4, 0.5) is 5.69 Å². The topological polar surface area (TPSA) is 15.3 Å². The summed E-state index contributed by atoms with van der Waals surface area (Å²) in [4.78, 5) is 2.17. The minimum absolute atomic E-state index is 0.738. The maximum absolute atomic E-state index is 6.01. The molecule has 1 N–H and O–H groups in total. The molecule has 106 valence electrons. The number of hydrogen-bond acceptors (Lipinski definition) is 2. The van der Waals surface area contributed by atoms with E-state index in [2.05, 4.69) is 64.5 Å². The zero-order valence-corrected chi connectivity index (χ0v) is 14.0. The molecule has 2 aromatic carbocycles. The quantitative estimate of drug-likeness (QED) is 0.832. The number of nitrogens with one attached hydrogen (secondary N) is 1. The Morgan fingerprint density at radius 2 is 1.90 bits per heavy atom. The molecule has 0 aliphatic carbocycles.